The molecule has 2 aromatic carbocycles. The molecule has 6 nitrogen and oxygen atoms in total. The molecule has 2 aromatic rings. The second-order valence-corrected chi connectivity index (χ2v) is 5.67. The molecule has 1 heterocycles. The van der Waals surface area contributed by atoms with E-state index in [0.29, 0.717) is 29.2 Å². The largest absolute Gasteiger partial charge is 0.496 e. The second-order valence-electron chi connectivity index (χ2n) is 5.67. The molecule has 3 rings (SSSR count). The Morgan fingerprint density at radius 1 is 1.16 bits per heavy atom. The predicted octanol–water partition coefficient (Wildman–Crippen LogP) is 3.20. The Balaban J connectivity index is 1.72. The number of fused-ring (bicyclic) bond motifs is 1. The van der Waals surface area contributed by atoms with E-state index in [4.69, 9.17) is 14.2 Å². The second kappa shape index (κ2) is 7.25. The third-order valence-corrected chi connectivity index (χ3v) is 3.98. The number of amides is 1. The van der Waals surface area contributed by atoms with Crippen LogP contribution in [-0.4, -0.2) is 25.6 Å². The number of hydrogen-bond acceptors (Lipinski definition) is 5. The first-order valence-corrected chi connectivity index (χ1v) is 7.95. The van der Waals surface area contributed by atoms with Crippen LogP contribution < -0.4 is 19.5 Å². The number of anilines is 1. The molecular weight excluding hydrogens is 322 g/mol. The molecule has 130 valence electrons. The molecule has 1 amide bonds. The van der Waals surface area contributed by atoms with Crippen LogP contribution in [0.25, 0.3) is 0 Å². The molecule has 0 aliphatic carbocycles. The molecule has 6 heteroatoms. The molecular formula is C19H19NO5. The Morgan fingerprint density at radius 2 is 1.88 bits per heavy atom. The number of carbonyl (C=O) groups is 2. The van der Waals surface area contributed by atoms with Crippen molar-refractivity contribution in [1.82, 2.24) is 0 Å². The molecule has 0 spiro atoms. The van der Waals surface area contributed by atoms with E-state index in [2.05, 4.69) is 5.32 Å². The third kappa shape index (κ3) is 3.74. The number of aryl methyl sites for hydroxylation is 1. The minimum atomic E-state index is -0.188. The fourth-order valence-corrected chi connectivity index (χ4v) is 2.71. The van der Waals surface area contributed by atoms with Crippen LogP contribution in [0.1, 0.15) is 29.3 Å². The zero-order valence-electron chi connectivity index (χ0n) is 14.1. The highest BCUT2D eigenvalue weighted by atomic mass is 16.7. The van der Waals surface area contributed by atoms with Crippen molar-refractivity contribution in [3.63, 3.8) is 0 Å². The highest BCUT2D eigenvalue weighted by Gasteiger charge is 2.20. The number of rotatable bonds is 6. The zero-order chi connectivity index (χ0) is 17.8. The van der Waals surface area contributed by atoms with Gasteiger partial charge in [-0.15, -0.1) is 0 Å². The number of ketones is 1. The summed E-state index contributed by atoms with van der Waals surface area (Å²) < 4.78 is 15.9. The highest BCUT2D eigenvalue weighted by Crippen LogP contribution is 2.37. The van der Waals surface area contributed by atoms with E-state index in [1.54, 1.807) is 19.2 Å². The van der Waals surface area contributed by atoms with Crippen molar-refractivity contribution in [3.8, 4) is 17.2 Å². The van der Waals surface area contributed by atoms with Gasteiger partial charge in [0.15, 0.2) is 17.3 Å². The summed E-state index contributed by atoms with van der Waals surface area (Å²) in [4.78, 5) is 24.2. The highest BCUT2D eigenvalue weighted by molar-refractivity contribution is 6.04. The molecule has 0 aromatic heterocycles. The number of nitrogens with one attached hydrogen (secondary N) is 1. The van der Waals surface area contributed by atoms with E-state index < -0.39 is 0 Å². The van der Waals surface area contributed by atoms with Gasteiger partial charge in [0, 0.05) is 18.1 Å². The fraction of sp³-hybridized carbons (Fsp3) is 0.263. The molecule has 25 heavy (non-hydrogen) atoms. The Morgan fingerprint density at radius 3 is 2.60 bits per heavy atom. The van der Waals surface area contributed by atoms with E-state index in [1.807, 2.05) is 24.3 Å². The molecule has 0 saturated heterocycles. The van der Waals surface area contributed by atoms with Gasteiger partial charge in [0.2, 0.25) is 12.7 Å². The predicted molar refractivity (Wildman–Crippen MR) is 92.5 cm³/mol. The summed E-state index contributed by atoms with van der Waals surface area (Å²) in [7, 11) is 1.60. The lowest BCUT2D eigenvalue weighted by Crippen LogP contribution is -2.15. The lowest BCUT2D eigenvalue weighted by atomic mass is 10.1. The van der Waals surface area contributed by atoms with Crippen LogP contribution in [0.2, 0.25) is 0 Å². The number of benzene rings is 2. The zero-order valence-corrected chi connectivity index (χ0v) is 14.1. The van der Waals surface area contributed by atoms with Gasteiger partial charge in [-0.05, 0) is 31.0 Å². The summed E-state index contributed by atoms with van der Waals surface area (Å²) in [5.74, 6) is 1.44. The Labute approximate surface area is 145 Å². The van der Waals surface area contributed by atoms with E-state index in [-0.39, 0.29) is 24.9 Å². The molecule has 0 fully saturated rings. The Hall–Kier alpha value is -3.02. The molecule has 0 radical (unpaired) electrons. The minimum Gasteiger partial charge on any atom is -0.496 e. The number of para-hydroxylation sites is 1. The van der Waals surface area contributed by atoms with Crippen molar-refractivity contribution >= 4 is 17.4 Å². The standard InChI is InChI=1S/C19H19NO5/c1-12(21)14-9-17-18(25-11-24-17)10-15(14)20-19(22)8-7-13-5-3-4-6-16(13)23-2/h3-6,9-10H,7-8,11H2,1-2H3,(H,20,22). The number of Topliss-reactive ketones (excluding diaryl/α,β-unsaturated/α-hetero) is 1. The van der Waals surface area contributed by atoms with Crippen LogP contribution >= 0.6 is 0 Å². The molecule has 1 aliphatic rings. The Bertz CT molecular complexity index is 815. The third-order valence-electron chi connectivity index (χ3n) is 3.98. The van der Waals surface area contributed by atoms with Crippen LogP contribution in [0.4, 0.5) is 5.69 Å². The lowest BCUT2D eigenvalue weighted by Gasteiger charge is -2.11. The van der Waals surface area contributed by atoms with Gasteiger partial charge in [-0.1, -0.05) is 18.2 Å². The summed E-state index contributed by atoms with van der Waals surface area (Å²) in [6.07, 6.45) is 0.808. The summed E-state index contributed by atoms with van der Waals surface area (Å²) >= 11 is 0. The smallest absolute Gasteiger partial charge is 0.231 e. The van der Waals surface area contributed by atoms with Gasteiger partial charge >= 0.3 is 0 Å². The van der Waals surface area contributed by atoms with E-state index in [1.165, 1.54) is 6.92 Å². The number of ether oxygens (including phenoxy) is 3. The van der Waals surface area contributed by atoms with Crippen LogP contribution in [0, 0.1) is 0 Å². The van der Waals surface area contributed by atoms with Gasteiger partial charge in [0.1, 0.15) is 5.75 Å². The number of methoxy groups -OCH3 is 1. The van der Waals surface area contributed by atoms with Crippen LogP contribution in [0.5, 0.6) is 17.2 Å². The van der Waals surface area contributed by atoms with E-state index >= 15 is 0 Å². The first-order valence-electron chi connectivity index (χ1n) is 7.95. The van der Waals surface area contributed by atoms with E-state index in [9.17, 15) is 9.59 Å². The van der Waals surface area contributed by atoms with Crippen molar-refractivity contribution in [2.24, 2.45) is 0 Å². The maximum absolute atomic E-state index is 12.3. The van der Waals surface area contributed by atoms with E-state index in [0.717, 1.165) is 11.3 Å². The van der Waals surface area contributed by atoms with Crippen LogP contribution in [0.15, 0.2) is 36.4 Å². The molecule has 0 unspecified atom stereocenters. The van der Waals surface area contributed by atoms with Crippen LogP contribution in [-0.2, 0) is 11.2 Å². The molecule has 0 atom stereocenters. The topological polar surface area (TPSA) is 73.9 Å². The van der Waals surface area contributed by atoms with Crippen molar-refractivity contribution in [2.75, 3.05) is 19.2 Å². The SMILES string of the molecule is COc1ccccc1CCC(=O)Nc1cc2c(cc1C(C)=O)OCO2. The minimum absolute atomic E-state index is 0.109. The fourth-order valence-electron chi connectivity index (χ4n) is 2.71. The summed E-state index contributed by atoms with van der Waals surface area (Å²) in [5, 5.41) is 2.79. The first kappa shape index (κ1) is 16.8. The molecule has 0 bridgehead atoms. The maximum atomic E-state index is 12.3. The number of carbonyl (C=O) groups excluding carboxylic acids is 2. The normalized spacial score (nSPS) is 11.9. The summed E-state index contributed by atoms with van der Waals surface area (Å²) in [5.41, 5.74) is 1.79. The van der Waals surface area contributed by atoms with Gasteiger partial charge in [0.25, 0.3) is 0 Å². The Kier molecular flexibility index (Phi) is 4.88. The maximum Gasteiger partial charge on any atom is 0.231 e. The van der Waals surface area contributed by atoms with Gasteiger partial charge in [-0.2, -0.15) is 0 Å². The first-order chi connectivity index (χ1) is 12.1. The molecule has 1 N–H and O–H groups in total. The van der Waals surface area contributed by atoms with Gasteiger partial charge in [0.05, 0.1) is 12.8 Å². The lowest BCUT2D eigenvalue weighted by molar-refractivity contribution is -0.116. The van der Waals surface area contributed by atoms with Gasteiger partial charge in [-0.25, -0.2) is 0 Å². The quantitative estimate of drug-likeness (QED) is 0.817. The molecule has 1 aliphatic heterocycles. The van der Waals surface area contributed by atoms with Crippen molar-refractivity contribution in [1.29, 1.82) is 0 Å². The summed E-state index contributed by atoms with van der Waals surface area (Å²) in [6.45, 7) is 1.56. The van der Waals surface area contributed by atoms with Gasteiger partial charge in [-0.3, -0.25) is 9.59 Å². The number of hydrogen-bond donors (Lipinski definition) is 1. The van der Waals surface area contributed by atoms with Crippen molar-refractivity contribution < 1.29 is 23.8 Å². The monoisotopic (exact) mass is 341 g/mol. The van der Waals surface area contributed by atoms with Crippen molar-refractivity contribution in [3.05, 3.63) is 47.5 Å². The van der Waals surface area contributed by atoms with Crippen molar-refractivity contribution in [2.45, 2.75) is 19.8 Å². The average Bonchev–Trinajstić information content (AvgIpc) is 3.06. The van der Waals surface area contributed by atoms with Gasteiger partial charge < -0.3 is 19.5 Å². The average molecular weight is 341 g/mol. The van der Waals surface area contributed by atoms with Crippen LogP contribution in [0.3, 0.4) is 0 Å². The summed E-state index contributed by atoms with van der Waals surface area (Å²) in [6, 6.07) is 10.8. The molecule has 0 saturated carbocycles.